The quantitative estimate of drug-likeness (QED) is 0.585. The molecule has 1 aromatic carbocycles. The van der Waals surface area contributed by atoms with Gasteiger partial charge in [0.25, 0.3) is 5.69 Å². The Hall–Kier alpha value is -2.25. The summed E-state index contributed by atoms with van der Waals surface area (Å²) in [5, 5.41) is 15.5. The molecule has 2 atom stereocenters. The standard InChI is InChI=1S/C18H23N3O4/c1-3-14-12-17(13(2)25-18-6-4-5-11-24-18)20(19-14)15-7-9-16(10-8-15)21(22)23/h7-10,12-13,18H,3-6,11H2,1-2H3. The highest BCUT2D eigenvalue weighted by Crippen LogP contribution is 2.27. The van der Waals surface area contributed by atoms with Crippen molar-refractivity contribution in [3.63, 3.8) is 0 Å². The molecule has 0 bridgehead atoms. The Morgan fingerprint density at radius 3 is 2.76 bits per heavy atom. The van der Waals surface area contributed by atoms with E-state index in [4.69, 9.17) is 9.47 Å². The Morgan fingerprint density at radius 1 is 1.40 bits per heavy atom. The van der Waals surface area contributed by atoms with Crippen LogP contribution in [-0.2, 0) is 15.9 Å². The van der Waals surface area contributed by atoms with E-state index in [-0.39, 0.29) is 18.1 Å². The van der Waals surface area contributed by atoms with Gasteiger partial charge in [0.15, 0.2) is 6.29 Å². The minimum absolute atomic E-state index is 0.0630. The molecule has 0 amide bonds. The van der Waals surface area contributed by atoms with Crippen LogP contribution in [0.1, 0.15) is 50.6 Å². The summed E-state index contributed by atoms with van der Waals surface area (Å²) >= 11 is 0. The SMILES string of the molecule is CCc1cc(C(C)OC2CCCCO2)n(-c2ccc([N+](=O)[O-])cc2)n1. The number of hydrogen-bond acceptors (Lipinski definition) is 5. The zero-order valence-electron chi connectivity index (χ0n) is 14.6. The van der Waals surface area contributed by atoms with E-state index in [1.807, 2.05) is 19.9 Å². The summed E-state index contributed by atoms with van der Waals surface area (Å²) in [6.45, 7) is 4.76. The summed E-state index contributed by atoms with van der Waals surface area (Å²) in [6, 6.07) is 8.41. The van der Waals surface area contributed by atoms with Gasteiger partial charge in [-0.25, -0.2) is 4.68 Å². The van der Waals surface area contributed by atoms with Crippen LogP contribution >= 0.6 is 0 Å². The van der Waals surface area contributed by atoms with Crippen LogP contribution in [0.3, 0.4) is 0 Å². The fourth-order valence-corrected chi connectivity index (χ4v) is 2.95. The number of non-ortho nitro benzene ring substituents is 1. The maximum atomic E-state index is 10.8. The second kappa shape index (κ2) is 7.76. The Bertz CT molecular complexity index is 720. The monoisotopic (exact) mass is 345 g/mol. The van der Waals surface area contributed by atoms with E-state index in [1.165, 1.54) is 12.1 Å². The zero-order chi connectivity index (χ0) is 17.8. The second-order valence-corrected chi connectivity index (χ2v) is 6.17. The lowest BCUT2D eigenvalue weighted by atomic mass is 10.2. The molecule has 0 saturated carbocycles. The van der Waals surface area contributed by atoms with Crippen LogP contribution in [-0.4, -0.2) is 27.6 Å². The number of hydrogen-bond donors (Lipinski definition) is 0. The predicted molar refractivity (Wildman–Crippen MR) is 92.7 cm³/mol. The Balaban J connectivity index is 1.85. The molecular formula is C18H23N3O4. The lowest BCUT2D eigenvalue weighted by Crippen LogP contribution is -2.24. The van der Waals surface area contributed by atoms with Crippen molar-refractivity contribution in [2.45, 2.75) is 51.9 Å². The molecule has 134 valence electrons. The molecule has 0 spiro atoms. The van der Waals surface area contributed by atoms with Gasteiger partial charge in [0.1, 0.15) is 0 Å². The lowest BCUT2D eigenvalue weighted by Gasteiger charge is -2.26. The van der Waals surface area contributed by atoms with Gasteiger partial charge in [-0.15, -0.1) is 0 Å². The molecule has 7 heteroatoms. The molecule has 1 aromatic heterocycles. The largest absolute Gasteiger partial charge is 0.353 e. The summed E-state index contributed by atoms with van der Waals surface area (Å²) in [5.41, 5.74) is 2.71. The number of nitro groups is 1. The molecule has 1 saturated heterocycles. The van der Waals surface area contributed by atoms with E-state index < -0.39 is 4.92 Å². The lowest BCUT2D eigenvalue weighted by molar-refractivity contribution is -0.384. The number of ether oxygens (including phenoxy) is 2. The molecule has 2 heterocycles. The minimum atomic E-state index is -0.405. The van der Waals surface area contributed by atoms with Crippen LogP contribution in [0.5, 0.6) is 0 Å². The Labute approximate surface area is 146 Å². The smallest absolute Gasteiger partial charge is 0.269 e. The van der Waals surface area contributed by atoms with Gasteiger partial charge in [0.05, 0.1) is 28.1 Å². The van der Waals surface area contributed by atoms with E-state index in [9.17, 15) is 10.1 Å². The van der Waals surface area contributed by atoms with Crippen molar-refractivity contribution in [2.75, 3.05) is 6.61 Å². The summed E-state index contributed by atoms with van der Waals surface area (Å²) in [7, 11) is 0. The van der Waals surface area contributed by atoms with Crippen molar-refractivity contribution in [2.24, 2.45) is 0 Å². The van der Waals surface area contributed by atoms with Crippen LogP contribution in [0.4, 0.5) is 5.69 Å². The first-order valence-electron chi connectivity index (χ1n) is 8.69. The molecule has 2 unspecified atom stereocenters. The van der Waals surface area contributed by atoms with Crippen LogP contribution in [0.2, 0.25) is 0 Å². The molecule has 0 aliphatic carbocycles. The van der Waals surface area contributed by atoms with Crippen LogP contribution in [0.15, 0.2) is 30.3 Å². The second-order valence-electron chi connectivity index (χ2n) is 6.17. The molecule has 1 fully saturated rings. The van der Waals surface area contributed by atoms with Gasteiger partial charge >= 0.3 is 0 Å². The normalized spacial score (nSPS) is 18.9. The summed E-state index contributed by atoms with van der Waals surface area (Å²) in [6.07, 6.45) is 3.52. The maximum Gasteiger partial charge on any atom is 0.269 e. The molecule has 1 aliphatic heterocycles. The summed E-state index contributed by atoms with van der Waals surface area (Å²) in [5.74, 6) is 0. The fourth-order valence-electron chi connectivity index (χ4n) is 2.95. The van der Waals surface area contributed by atoms with Gasteiger partial charge in [-0.2, -0.15) is 5.10 Å². The van der Waals surface area contributed by atoms with Crippen molar-refractivity contribution in [1.82, 2.24) is 9.78 Å². The first-order chi connectivity index (χ1) is 12.1. The molecule has 0 radical (unpaired) electrons. The molecule has 7 nitrogen and oxygen atoms in total. The van der Waals surface area contributed by atoms with Crippen molar-refractivity contribution in [3.05, 3.63) is 51.8 Å². The summed E-state index contributed by atoms with van der Waals surface area (Å²) < 4.78 is 13.5. The molecule has 2 aromatic rings. The average molecular weight is 345 g/mol. The van der Waals surface area contributed by atoms with Crippen molar-refractivity contribution < 1.29 is 14.4 Å². The van der Waals surface area contributed by atoms with E-state index in [0.717, 1.165) is 49.4 Å². The van der Waals surface area contributed by atoms with Crippen LogP contribution < -0.4 is 0 Å². The third-order valence-electron chi connectivity index (χ3n) is 4.37. The van der Waals surface area contributed by atoms with Gasteiger partial charge in [0, 0.05) is 18.7 Å². The fraction of sp³-hybridized carbons (Fsp3) is 0.500. The minimum Gasteiger partial charge on any atom is -0.353 e. The van der Waals surface area contributed by atoms with Crippen molar-refractivity contribution in [1.29, 1.82) is 0 Å². The van der Waals surface area contributed by atoms with E-state index in [2.05, 4.69) is 5.10 Å². The number of aromatic nitrogens is 2. The topological polar surface area (TPSA) is 79.4 Å². The van der Waals surface area contributed by atoms with Gasteiger partial charge in [-0.1, -0.05) is 6.92 Å². The summed E-state index contributed by atoms with van der Waals surface area (Å²) in [4.78, 5) is 10.4. The predicted octanol–water partition coefficient (Wildman–Crippen LogP) is 3.95. The first-order valence-corrected chi connectivity index (χ1v) is 8.69. The zero-order valence-corrected chi connectivity index (χ0v) is 14.6. The highest BCUT2D eigenvalue weighted by Gasteiger charge is 2.22. The van der Waals surface area contributed by atoms with E-state index in [0.29, 0.717) is 0 Å². The average Bonchev–Trinajstić information content (AvgIpc) is 3.07. The Morgan fingerprint density at radius 2 is 2.16 bits per heavy atom. The van der Waals surface area contributed by atoms with Crippen molar-refractivity contribution in [3.8, 4) is 5.69 Å². The van der Waals surface area contributed by atoms with Crippen LogP contribution in [0, 0.1) is 10.1 Å². The molecule has 1 aliphatic rings. The van der Waals surface area contributed by atoms with Gasteiger partial charge in [0.2, 0.25) is 0 Å². The molecular weight excluding hydrogens is 322 g/mol. The molecule has 0 N–H and O–H groups in total. The third-order valence-corrected chi connectivity index (χ3v) is 4.37. The Kier molecular flexibility index (Phi) is 5.45. The first kappa shape index (κ1) is 17.6. The van der Waals surface area contributed by atoms with Gasteiger partial charge in [-0.3, -0.25) is 10.1 Å². The number of benzene rings is 1. The van der Waals surface area contributed by atoms with Crippen molar-refractivity contribution >= 4 is 5.69 Å². The maximum absolute atomic E-state index is 10.8. The number of nitro benzene ring substituents is 1. The number of nitrogens with zero attached hydrogens (tertiary/aromatic N) is 3. The van der Waals surface area contributed by atoms with E-state index >= 15 is 0 Å². The number of rotatable bonds is 6. The highest BCUT2D eigenvalue weighted by atomic mass is 16.7. The van der Waals surface area contributed by atoms with Gasteiger partial charge in [-0.05, 0) is 50.8 Å². The third kappa shape index (κ3) is 4.05. The van der Waals surface area contributed by atoms with Crippen LogP contribution in [0.25, 0.3) is 5.69 Å². The molecule has 25 heavy (non-hydrogen) atoms. The highest BCUT2D eigenvalue weighted by molar-refractivity contribution is 5.41. The van der Waals surface area contributed by atoms with Gasteiger partial charge < -0.3 is 9.47 Å². The number of aryl methyl sites for hydroxylation is 1. The molecule has 3 rings (SSSR count). The van der Waals surface area contributed by atoms with E-state index in [1.54, 1.807) is 16.8 Å².